The van der Waals surface area contributed by atoms with Crippen molar-refractivity contribution in [2.45, 2.75) is 23.2 Å². The van der Waals surface area contributed by atoms with Gasteiger partial charge in [0.05, 0.1) is 24.9 Å². The Morgan fingerprint density at radius 3 is 3.10 bits per heavy atom. The summed E-state index contributed by atoms with van der Waals surface area (Å²) in [5.74, 6) is 2.05. The smallest absolute Gasteiger partial charge is 0.229 e. The monoisotopic (exact) mass is 369 g/mol. The maximum absolute atomic E-state index is 5.63. The molecule has 0 bridgehead atoms. The molecular weight excluding hydrogens is 354 g/mol. The van der Waals surface area contributed by atoms with Crippen molar-refractivity contribution in [2.24, 2.45) is 0 Å². The molecule has 0 amide bonds. The minimum absolute atomic E-state index is 0.128. The molecule has 1 unspecified atom stereocenters. The van der Waals surface area contributed by atoms with E-state index in [0.717, 1.165) is 30.0 Å². The highest BCUT2D eigenvalue weighted by molar-refractivity contribution is 9.10. The van der Waals surface area contributed by atoms with E-state index in [2.05, 4.69) is 37.5 Å². The maximum Gasteiger partial charge on any atom is 0.229 e. The Hall–Kier alpha value is -0.890. The van der Waals surface area contributed by atoms with Crippen molar-refractivity contribution < 1.29 is 9.26 Å². The average molecular weight is 370 g/mol. The molecular formula is C14H16BrN3O2S. The van der Waals surface area contributed by atoms with Crippen LogP contribution in [-0.4, -0.2) is 35.9 Å². The van der Waals surface area contributed by atoms with Crippen molar-refractivity contribution in [1.29, 1.82) is 0 Å². The standard InChI is InChI=1S/C14H16BrN3O2S/c15-11-3-1-2-4-12(11)21-9-13-17-14(20-18-13)7-10-8-16-5-6-19-10/h1-4,10,16H,5-9H2. The van der Waals surface area contributed by atoms with Crippen LogP contribution in [0.3, 0.4) is 0 Å². The van der Waals surface area contributed by atoms with Crippen molar-refractivity contribution in [3.8, 4) is 0 Å². The normalized spacial score (nSPS) is 18.8. The van der Waals surface area contributed by atoms with Crippen molar-refractivity contribution in [1.82, 2.24) is 15.5 Å². The molecule has 7 heteroatoms. The van der Waals surface area contributed by atoms with Crippen LogP contribution in [0.2, 0.25) is 0 Å². The number of aromatic nitrogens is 2. The molecule has 112 valence electrons. The second-order valence-electron chi connectivity index (χ2n) is 4.72. The minimum Gasteiger partial charge on any atom is -0.375 e. The summed E-state index contributed by atoms with van der Waals surface area (Å²) in [4.78, 5) is 5.60. The van der Waals surface area contributed by atoms with E-state index in [1.54, 1.807) is 11.8 Å². The Bertz CT molecular complexity index is 587. The average Bonchev–Trinajstić information content (AvgIpc) is 2.95. The first-order chi connectivity index (χ1) is 10.3. The van der Waals surface area contributed by atoms with Gasteiger partial charge in [-0.25, -0.2) is 0 Å². The summed E-state index contributed by atoms with van der Waals surface area (Å²) < 4.78 is 12.0. The number of hydrogen-bond donors (Lipinski definition) is 1. The number of halogens is 1. The molecule has 1 atom stereocenters. The van der Waals surface area contributed by atoms with Gasteiger partial charge in [-0.15, -0.1) is 11.8 Å². The Balaban J connectivity index is 1.54. The predicted molar refractivity (Wildman–Crippen MR) is 84.3 cm³/mol. The summed E-state index contributed by atoms with van der Waals surface area (Å²) in [6.45, 7) is 2.49. The van der Waals surface area contributed by atoms with Gasteiger partial charge in [0.15, 0.2) is 5.82 Å². The molecule has 3 rings (SSSR count). The largest absolute Gasteiger partial charge is 0.375 e. The Morgan fingerprint density at radius 2 is 2.29 bits per heavy atom. The highest BCUT2D eigenvalue weighted by Crippen LogP contribution is 2.29. The minimum atomic E-state index is 0.128. The van der Waals surface area contributed by atoms with Gasteiger partial charge in [0, 0.05) is 22.5 Å². The van der Waals surface area contributed by atoms with Crippen molar-refractivity contribution in [3.63, 3.8) is 0 Å². The fourth-order valence-electron chi connectivity index (χ4n) is 2.08. The number of ether oxygens (including phenoxy) is 1. The zero-order chi connectivity index (χ0) is 14.5. The fraction of sp³-hybridized carbons (Fsp3) is 0.429. The van der Waals surface area contributed by atoms with Gasteiger partial charge in [-0.05, 0) is 28.1 Å². The predicted octanol–water partition coefficient (Wildman–Crippen LogP) is 2.66. The Labute approximate surface area is 136 Å². The first-order valence-electron chi connectivity index (χ1n) is 6.82. The number of benzene rings is 1. The second-order valence-corrected chi connectivity index (χ2v) is 6.60. The lowest BCUT2D eigenvalue weighted by Crippen LogP contribution is -2.39. The summed E-state index contributed by atoms with van der Waals surface area (Å²) in [6.07, 6.45) is 0.794. The van der Waals surface area contributed by atoms with E-state index in [-0.39, 0.29) is 6.10 Å². The molecule has 5 nitrogen and oxygen atoms in total. The third-order valence-electron chi connectivity index (χ3n) is 3.11. The Kier molecular flexibility index (Phi) is 5.29. The van der Waals surface area contributed by atoms with E-state index in [4.69, 9.17) is 9.26 Å². The first-order valence-corrected chi connectivity index (χ1v) is 8.60. The third-order valence-corrected chi connectivity index (χ3v) is 5.13. The first kappa shape index (κ1) is 15.0. The molecule has 1 fully saturated rings. The summed E-state index contributed by atoms with van der Waals surface area (Å²) in [6, 6.07) is 8.11. The number of rotatable bonds is 5. The molecule has 2 heterocycles. The highest BCUT2D eigenvalue weighted by Gasteiger charge is 2.17. The molecule has 1 aromatic carbocycles. The summed E-state index contributed by atoms with van der Waals surface area (Å²) in [5, 5.41) is 7.32. The fourth-order valence-corrected chi connectivity index (χ4v) is 3.49. The van der Waals surface area contributed by atoms with Crippen LogP contribution in [0.5, 0.6) is 0 Å². The van der Waals surface area contributed by atoms with Crippen LogP contribution < -0.4 is 5.32 Å². The van der Waals surface area contributed by atoms with E-state index in [9.17, 15) is 0 Å². The number of nitrogens with one attached hydrogen (secondary N) is 1. The van der Waals surface area contributed by atoms with Crippen LogP contribution in [0.15, 0.2) is 38.2 Å². The molecule has 1 aromatic heterocycles. The topological polar surface area (TPSA) is 60.2 Å². The van der Waals surface area contributed by atoms with Gasteiger partial charge in [-0.2, -0.15) is 4.98 Å². The molecule has 21 heavy (non-hydrogen) atoms. The van der Waals surface area contributed by atoms with E-state index >= 15 is 0 Å². The molecule has 0 saturated carbocycles. The number of morpholine rings is 1. The van der Waals surface area contributed by atoms with Gasteiger partial charge in [-0.1, -0.05) is 17.3 Å². The van der Waals surface area contributed by atoms with Crippen LogP contribution in [0.4, 0.5) is 0 Å². The SMILES string of the molecule is Brc1ccccc1SCc1noc(CC2CNCCO2)n1. The summed E-state index contributed by atoms with van der Waals surface area (Å²) in [7, 11) is 0. The van der Waals surface area contributed by atoms with Crippen LogP contribution in [0.1, 0.15) is 11.7 Å². The van der Waals surface area contributed by atoms with E-state index in [0.29, 0.717) is 18.1 Å². The second kappa shape index (κ2) is 7.40. The molecule has 1 saturated heterocycles. The van der Waals surface area contributed by atoms with E-state index in [1.807, 2.05) is 18.2 Å². The maximum atomic E-state index is 5.63. The van der Waals surface area contributed by atoms with Gasteiger partial charge in [0.2, 0.25) is 5.89 Å². The van der Waals surface area contributed by atoms with Gasteiger partial charge in [0.25, 0.3) is 0 Å². The molecule has 1 N–H and O–H groups in total. The third kappa shape index (κ3) is 4.29. The van der Waals surface area contributed by atoms with Crippen LogP contribution in [0.25, 0.3) is 0 Å². The molecule has 0 aliphatic carbocycles. The van der Waals surface area contributed by atoms with Gasteiger partial charge in [0.1, 0.15) is 0 Å². The lowest BCUT2D eigenvalue weighted by molar-refractivity contribution is 0.0246. The summed E-state index contributed by atoms with van der Waals surface area (Å²) >= 11 is 5.22. The Morgan fingerprint density at radius 1 is 1.38 bits per heavy atom. The number of thioether (sulfide) groups is 1. The van der Waals surface area contributed by atoms with Gasteiger partial charge < -0.3 is 14.6 Å². The summed E-state index contributed by atoms with van der Waals surface area (Å²) in [5.41, 5.74) is 0. The number of hydrogen-bond acceptors (Lipinski definition) is 6. The zero-order valence-electron chi connectivity index (χ0n) is 11.4. The molecule has 0 spiro atoms. The lowest BCUT2D eigenvalue weighted by atomic mass is 10.2. The van der Waals surface area contributed by atoms with Crippen LogP contribution in [-0.2, 0) is 16.9 Å². The molecule has 2 aromatic rings. The molecule has 1 aliphatic rings. The van der Waals surface area contributed by atoms with Crippen molar-refractivity contribution >= 4 is 27.7 Å². The molecule has 1 aliphatic heterocycles. The zero-order valence-corrected chi connectivity index (χ0v) is 13.8. The van der Waals surface area contributed by atoms with Crippen LogP contribution >= 0.6 is 27.7 Å². The van der Waals surface area contributed by atoms with E-state index in [1.165, 1.54) is 4.90 Å². The van der Waals surface area contributed by atoms with Crippen molar-refractivity contribution in [3.05, 3.63) is 40.5 Å². The number of nitrogens with zero attached hydrogens (tertiary/aromatic N) is 2. The lowest BCUT2D eigenvalue weighted by Gasteiger charge is -2.21. The highest BCUT2D eigenvalue weighted by atomic mass is 79.9. The van der Waals surface area contributed by atoms with Crippen LogP contribution in [0, 0.1) is 0 Å². The van der Waals surface area contributed by atoms with Gasteiger partial charge in [-0.3, -0.25) is 0 Å². The van der Waals surface area contributed by atoms with E-state index < -0.39 is 0 Å². The quantitative estimate of drug-likeness (QED) is 0.817. The van der Waals surface area contributed by atoms with Crippen molar-refractivity contribution in [2.75, 3.05) is 19.7 Å². The van der Waals surface area contributed by atoms with Gasteiger partial charge >= 0.3 is 0 Å². The molecule has 0 radical (unpaired) electrons.